The van der Waals surface area contributed by atoms with Gasteiger partial charge in [0.2, 0.25) is 0 Å². The highest BCUT2D eigenvalue weighted by molar-refractivity contribution is 7.00. The number of benzene rings is 5. The molecule has 302 valence electrons. The van der Waals surface area contributed by atoms with Crippen molar-refractivity contribution in [3.8, 4) is 0 Å². The average molecular weight is 779 g/mol. The first-order valence-electron chi connectivity index (χ1n) is 22.3. The largest absolute Gasteiger partial charge is 0.468 e. The molecule has 2 aliphatic carbocycles. The van der Waals surface area contributed by atoms with Crippen molar-refractivity contribution in [2.45, 2.75) is 150 Å². The molecule has 4 aliphatic rings. The normalized spacial score (nSPS) is 19.2. The Hall–Kier alpha value is -4.70. The van der Waals surface area contributed by atoms with Gasteiger partial charge in [-0.3, -0.25) is 0 Å². The molecular weight excluding hydrogens is 715 g/mol. The van der Waals surface area contributed by atoms with E-state index < -0.39 is 0 Å². The van der Waals surface area contributed by atoms with E-state index in [1.54, 1.807) is 0 Å². The van der Waals surface area contributed by atoms with Gasteiger partial charge in [0.1, 0.15) is 5.58 Å². The Morgan fingerprint density at radius 1 is 0.559 bits per heavy atom. The first kappa shape index (κ1) is 38.5. The number of hydrogen-bond donors (Lipinski definition) is 0. The van der Waals surface area contributed by atoms with E-state index in [0.717, 1.165) is 11.2 Å². The van der Waals surface area contributed by atoms with Crippen molar-refractivity contribution in [1.29, 1.82) is 0 Å². The Morgan fingerprint density at radius 2 is 1.12 bits per heavy atom. The zero-order valence-corrected chi connectivity index (χ0v) is 38.2. The lowest BCUT2D eigenvalue weighted by Crippen LogP contribution is -2.61. The summed E-state index contributed by atoms with van der Waals surface area (Å²) < 4.78 is 7.37. The van der Waals surface area contributed by atoms with E-state index >= 15 is 0 Å². The third kappa shape index (κ3) is 5.53. The second kappa shape index (κ2) is 12.2. The number of aryl methyl sites for hydroxylation is 3. The summed E-state index contributed by atoms with van der Waals surface area (Å²) >= 11 is 0. The van der Waals surface area contributed by atoms with Crippen molar-refractivity contribution in [3.05, 3.63) is 123 Å². The van der Waals surface area contributed by atoms with Gasteiger partial charge in [-0.1, -0.05) is 113 Å². The molecule has 10 rings (SSSR count). The van der Waals surface area contributed by atoms with E-state index in [9.17, 15) is 0 Å². The molecule has 3 nitrogen and oxygen atoms in total. The summed E-state index contributed by atoms with van der Waals surface area (Å²) in [5, 5.41) is 1.19. The average Bonchev–Trinajstić information content (AvgIpc) is 3.54. The first-order chi connectivity index (χ1) is 27.6. The van der Waals surface area contributed by atoms with Crippen LogP contribution >= 0.6 is 0 Å². The Morgan fingerprint density at radius 3 is 1.73 bits per heavy atom. The quantitative estimate of drug-likeness (QED) is 0.163. The van der Waals surface area contributed by atoms with Crippen LogP contribution in [0.15, 0.2) is 83.3 Å². The maximum absolute atomic E-state index is 7.37. The molecule has 0 unspecified atom stereocenters. The standard InChI is InChI=1S/C55H63BN2O/c1-32-26-44-47-45(27-32)58(48-33(2)16-15-17-34(48)3)49-37-28-35(51(4,5)6)18-21-46(37)59-50(49)56(47)42-30-40-41(55(13,14)25-24-54(40,11)12)31-43(42)57(44)36-19-20-38-39(29-36)53(9,10)23-22-52(38,7)8/h15-21,26-31H,22-25H2,1-14H3. The van der Waals surface area contributed by atoms with Gasteiger partial charge in [-0.2, -0.15) is 0 Å². The molecule has 0 saturated heterocycles. The van der Waals surface area contributed by atoms with E-state index in [4.69, 9.17) is 4.42 Å². The van der Waals surface area contributed by atoms with Crippen molar-refractivity contribution >= 4 is 68.4 Å². The zero-order chi connectivity index (χ0) is 41.9. The van der Waals surface area contributed by atoms with Gasteiger partial charge in [0.15, 0.2) is 0 Å². The van der Waals surface area contributed by atoms with Crippen LogP contribution in [0.3, 0.4) is 0 Å². The van der Waals surface area contributed by atoms with Gasteiger partial charge >= 0.3 is 0 Å². The Balaban J connectivity index is 1.36. The minimum absolute atomic E-state index is 0.00781. The van der Waals surface area contributed by atoms with E-state index in [1.165, 1.54) is 121 Å². The van der Waals surface area contributed by atoms with Gasteiger partial charge in [0, 0.05) is 28.1 Å². The number of anilines is 6. The summed E-state index contributed by atoms with van der Waals surface area (Å²) in [6.45, 7) is 33.4. The first-order valence-corrected chi connectivity index (χ1v) is 22.3. The highest BCUT2D eigenvalue weighted by atomic mass is 16.3. The van der Waals surface area contributed by atoms with Gasteiger partial charge in [-0.25, -0.2) is 0 Å². The molecule has 0 atom stereocenters. The molecular formula is C55H63BN2O. The molecule has 5 aromatic carbocycles. The third-order valence-electron chi connectivity index (χ3n) is 15.4. The summed E-state index contributed by atoms with van der Waals surface area (Å²) in [6.07, 6.45) is 4.73. The monoisotopic (exact) mass is 779 g/mol. The van der Waals surface area contributed by atoms with Crippen LogP contribution in [0, 0.1) is 20.8 Å². The van der Waals surface area contributed by atoms with Crippen molar-refractivity contribution in [2.24, 2.45) is 0 Å². The zero-order valence-electron chi connectivity index (χ0n) is 38.2. The third-order valence-corrected chi connectivity index (χ3v) is 15.4. The highest BCUT2D eigenvalue weighted by Gasteiger charge is 2.49. The minimum Gasteiger partial charge on any atom is -0.468 e. The minimum atomic E-state index is -0.0768. The van der Waals surface area contributed by atoms with E-state index in [2.05, 4.69) is 186 Å². The van der Waals surface area contributed by atoms with Gasteiger partial charge in [-0.05, 0) is 171 Å². The van der Waals surface area contributed by atoms with E-state index in [1.807, 2.05) is 0 Å². The van der Waals surface area contributed by atoms with Crippen LogP contribution < -0.4 is 26.4 Å². The molecule has 6 aromatic rings. The fraction of sp³-hybridized carbons (Fsp3) is 0.418. The molecule has 3 heterocycles. The molecule has 0 radical (unpaired) electrons. The van der Waals surface area contributed by atoms with E-state index in [-0.39, 0.29) is 33.8 Å². The Kier molecular flexibility index (Phi) is 7.97. The van der Waals surface area contributed by atoms with Crippen LogP contribution in [-0.2, 0) is 27.1 Å². The molecule has 2 aliphatic heterocycles. The Bertz CT molecular complexity index is 2750. The molecule has 59 heavy (non-hydrogen) atoms. The summed E-state index contributed by atoms with van der Waals surface area (Å²) in [5.41, 5.74) is 23.6. The summed E-state index contributed by atoms with van der Waals surface area (Å²) in [7, 11) is 0. The van der Waals surface area contributed by atoms with Crippen LogP contribution in [0.4, 0.5) is 34.1 Å². The van der Waals surface area contributed by atoms with Gasteiger partial charge in [0.25, 0.3) is 6.71 Å². The molecule has 0 saturated carbocycles. The van der Waals surface area contributed by atoms with Crippen LogP contribution in [-0.4, -0.2) is 6.71 Å². The topological polar surface area (TPSA) is 19.6 Å². The maximum atomic E-state index is 7.37. The number of hydrogen-bond acceptors (Lipinski definition) is 3. The number of fused-ring (bicyclic) bond motifs is 8. The second-order valence-electron chi connectivity index (χ2n) is 22.6. The van der Waals surface area contributed by atoms with Crippen LogP contribution in [0.1, 0.15) is 146 Å². The maximum Gasteiger partial charge on any atom is 0.297 e. The predicted octanol–water partition coefficient (Wildman–Crippen LogP) is 13.4. The van der Waals surface area contributed by atoms with Crippen LogP contribution in [0.2, 0.25) is 0 Å². The summed E-state index contributed by atoms with van der Waals surface area (Å²) in [4.78, 5) is 5.25. The molecule has 1 aromatic heterocycles. The van der Waals surface area contributed by atoms with Gasteiger partial charge in [0.05, 0.1) is 17.0 Å². The van der Waals surface area contributed by atoms with Crippen molar-refractivity contribution < 1.29 is 4.42 Å². The van der Waals surface area contributed by atoms with Gasteiger partial charge < -0.3 is 14.2 Å². The molecule has 0 fully saturated rings. The molecule has 0 N–H and O–H groups in total. The molecule has 4 heteroatoms. The number of furan rings is 1. The Labute approximate surface area is 354 Å². The summed E-state index contributed by atoms with van der Waals surface area (Å²) in [5.74, 6) is 0. The van der Waals surface area contributed by atoms with Crippen molar-refractivity contribution in [3.63, 3.8) is 0 Å². The number of nitrogens with zero attached hydrogens (tertiary/aromatic N) is 2. The van der Waals surface area contributed by atoms with Crippen LogP contribution in [0.25, 0.3) is 11.0 Å². The molecule has 0 bridgehead atoms. The SMILES string of the molecule is Cc1cc2c3c(c1)N(c1c(C)cccc1C)c1c(oc4ccc(C(C)(C)C)cc14)B3c1cc3c(cc1N2c1ccc2c(c1)C(C)(C)CCC2(C)C)C(C)(C)CCC3(C)C. The lowest BCUT2D eigenvalue weighted by Gasteiger charge is -2.47. The molecule has 0 amide bonds. The number of rotatable bonds is 2. The lowest BCUT2D eigenvalue weighted by molar-refractivity contribution is 0.332. The van der Waals surface area contributed by atoms with Crippen molar-refractivity contribution in [2.75, 3.05) is 9.80 Å². The van der Waals surface area contributed by atoms with Crippen LogP contribution in [0.5, 0.6) is 0 Å². The van der Waals surface area contributed by atoms with E-state index in [0.29, 0.717) is 0 Å². The van der Waals surface area contributed by atoms with Gasteiger partial charge in [-0.15, -0.1) is 0 Å². The summed E-state index contributed by atoms with van der Waals surface area (Å²) in [6, 6.07) is 31.3. The highest BCUT2D eigenvalue weighted by Crippen LogP contribution is 2.53. The fourth-order valence-electron chi connectivity index (χ4n) is 11.5. The smallest absolute Gasteiger partial charge is 0.297 e. The number of para-hydroxylation sites is 1. The lowest BCUT2D eigenvalue weighted by atomic mass is 9.35. The predicted molar refractivity (Wildman–Crippen MR) is 254 cm³/mol. The van der Waals surface area contributed by atoms with Crippen molar-refractivity contribution in [1.82, 2.24) is 0 Å². The second-order valence-corrected chi connectivity index (χ2v) is 22.6. The fourth-order valence-corrected chi connectivity index (χ4v) is 11.5. The molecule has 0 spiro atoms.